The third-order valence-corrected chi connectivity index (χ3v) is 6.62. The topological polar surface area (TPSA) is 74.7 Å². The van der Waals surface area contributed by atoms with Gasteiger partial charge in [-0.1, -0.05) is 109 Å². The van der Waals surface area contributed by atoms with Crippen LogP contribution >= 0.6 is 0 Å². The number of amides is 1. The lowest BCUT2D eigenvalue weighted by Crippen LogP contribution is -2.35. The molecule has 0 fully saturated rings. The molecule has 0 aliphatic heterocycles. The molecular weight excluding hydrogens is 474 g/mol. The van der Waals surface area contributed by atoms with E-state index >= 15 is 0 Å². The van der Waals surface area contributed by atoms with Crippen LogP contribution in [0.1, 0.15) is 21.5 Å². The van der Waals surface area contributed by atoms with Crippen LogP contribution in [0.2, 0.25) is 0 Å². The average Bonchev–Trinajstić information content (AvgIpc) is 2.97. The molecule has 5 aromatic carbocycles. The summed E-state index contributed by atoms with van der Waals surface area (Å²) in [7, 11) is 0. The number of aliphatic carboxylic acids is 1. The van der Waals surface area contributed by atoms with Gasteiger partial charge in [0, 0.05) is 18.7 Å². The number of carboxylic acids is 1. The van der Waals surface area contributed by atoms with Crippen LogP contribution < -0.4 is 0 Å². The Balaban J connectivity index is 1.61. The van der Waals surface area contributed by atoms with Gasteiger partial charge < -0.3 is 10.0 Å². The van der Waals surface area contributed by atoms with E-state index < -0.39 is 11.9 Å². The number of carbonyl (C=O) groups is 3. The van der Waals surface area contributed by atoms with Crippen LogP contribution in [-0.2, 0) is 22.7 Å². The first-order chi connectivity index (χ1) is 18.5. The molecule has 0 aliphatic carbocycles. The van der Waals surface area contributed by atoms with Crippen LogP contribution in [-0.4, -0.2) is 28.2 Å². The van der Waals surface area contributed by atoms with Crippen molar-refractivity contribution >= 4 is 28.9 Å². The Morgan fingerprint density at radius 1 is 0.684 bits per heavy atom. The minimum absolute atomic E-state index is 0.112. The SMILES string of the molecule is O=Cc1ccc(-c2cc(-c3cccc4ccccc34)ccc2CN(Cc2ccccc2)C(=O)C(=O)O)cc1. The van der Waals surface area contributed by atoms with Gasteiger partial charge in [0.15, 0.2) is 0 Å². The number of hydrogen-bond acceptors (Lipinski definition) is 3. The van der Waals surface area contributed by atoms with Gasteiger partial charge >= 0.3 is 11.9 Å². The lowest BCUT2D eigenvalue weighted by molar-refractivity contribution is -0.156. The maximum atomic E-state index is 12.7. The van der Waals surface area contributed by atoms with E-state index in [9.17, 15) is 19.5 Å². The lowest BCUT2D eigenvalue weighted by atomic mass is 9.91. The molecule has 0 unspecified atom stereocenters. The van der Waals surface area contributed by atoms with Crippen molar-refractivity contribution in [3.05, 3.63) is 132 Å². The summed E-state index contributed by atoms with van der Waals surface area (Å²) in [5.74, 6) is -2.46. The normalized spacial score (nSPS) is 10.7. The predicted octanol–water partition coefficient (Wildman–Crippen LogP) is 6.60. The summed E-state index contributed by atoms with van der Waals surface area (Å²) < 4.78 is 0. The molecule has 1 amide bonds. The van der Waals surface area contributed by atoms with Crippen LogP contribution in [0.25, 0.3) is 33.0 Å². The Morgan fingerprint density at radius 2 is 1.37 bits per heavy atom. The molecule has 5 rings (SSSR count). The van der Waals surface area contributed by atoms with Crippen molar-refractivity contribution in [3.63, 3.8) is 0 Å². The van der Waals surface area contributed by atoms with Crippen LogP contribution in [0, 0.1) is 0 Å². The van der Waals surface area contributed by atoms with Gasteiger partial charge in [-0.15, -0.1) is 0 Å². The van der Waals surface area contributed by atoms with Crippen molar-refractivity contribution in [2.24, 2.45) is 0 Å². The average molecular weight is 500 g/mol. The molecule has 0 heterocycles. The van der Waals surface area contributed by atoms with Crippen molar-refractivity contribution < 1.29 is 19.5 Å². The van der Waals surface area contributed by atoms with E-state index in [-0.39, 0.29) is 13.1 Å². The molecule has 1 N–H and O–H groups in total. The number of nitrogens with zero attached hydrogens (tertiary/aromatic N) is 1. The molecule has 5 aromatic rings. The minimum atomic E-state index is -1.50. The zero-order valence-corrected chi connectivity index (χ0v) is 20.6. The molecule has 0 aliphatic rings. The van der Waals surface area contributed by atoms with E-state index in [1.54, 1.807) is 12.1 Å². The predicted molar refractivity (Wildman–Crippen MR) is 149 cm³/mol. The van der Waals surface area contributed by atoms with Gasteiger partial charge in [-0.3, -0.25) is 9.59 Å². The van der Waals surface area contributed by atoms with E-state index in [1.807, 2.05) is 72.8 Å². The van der Waals surface area contributed by atoms with Crippen LogP contribution in [0.5, 0.6) is 0 Å². The van der Waals surface area contributed by atoms with Crippen LogP contribution in [0.4, 0.5) is 0 Å². The first-order valence-electron chi connectivity index (χ1n) is 12.3. The second-order valence-electron chi connectivity index (χ2n) is 9.09. The minimum Gasteiger partial charge on any atom is -0.474 e. The van der Waals surface area contributed by atoms with Crippen molar-refractivity contribution in [3.8, 4) is 22.3 Å². The molecule has 38 heavy (non-hydrogen) atoms. The fourth-order valence-corrected chi connectivity index (χ4v) is 4.71. The van der Waals surface area contributed by atoms with E-state index in [1.165, 1.54) is 4.90 Å². The maximum Gasteiger partial charge on any atom is 0.394 e. The number of aldehydes is 1. The zero-order valence-electron chi connectivity index (χ0n) is 20.6. The molecule has 0 radical (unpaired) electrons. The maximum absolute atomic E-state index is 12.7. The van der Waals surface area contributed by atoms with Gasteiger partial charge in [0.05, 0.1) is 0 Å². The summed E-state index contributed by atoms with van der Waals surface area (Å²) in [6.45, 7) is 0.279. The van der Waals surface area contributed by atoms with Gasteiger partial charge in [0.25, 0.3) is 0 Å². The fraction of sp³-hybridized carbons (Fsp3) is 0.0606. The number of carboxylic acid groups (broad SMARTS) is 1. The molecule has 0 saturated heterocycles. The van der Waals surface area contributed by atoms with Gasteiger partial charge in [0.1, 0.15) is 6.29 Å². The summed E-state index contributed by atoms with van der Waals surface area (Å²) >= 11 is 0. The van der Waals surface area contributed by atoms with Crippen molar-refractivity contribution in [2.75, 3.05) is 0 Å². The van der Waals surface area contributed by atoms with E-state index in [2.05, 4.69) is 30.3 Å². The number of carbonyl (C=O) groups excluding carboxylic acids is 2. The Labute approximate surface area is 220 Å². The third-order valence-electron chi connectivity index (χ3n) is 6.62. The highest BCUT2D eigenvalue weighted by atomic mass is 16.4. The van der Waals surface area contributed by atoms with Gasteiger partial charge in [0.2, 0.25) is 0 Å². The first-order valence-corrected chi connectivity index (χ1v) is 12.3. The molecule has 5 heteroatoms. The number of benzene rings is 5. The van der Waals surface area contributed by atoms with E-state index in [0.717, 1.165) is 50.4 Å². The zero-order chi connectivity index (χ0) is 26.5. The first kappa shape index (κ1) is 24.7. The number of rotatable bonds is 7. The molecule has 0 spiro atoms. The Morgan fingerprint density at radius 3 is 2.11 bits per heavy atom. The highest BCUT2D eigenvalue weighted by Gasteiger charge is 2.23. The summed E-state index contributed by atoms with van der Waals surface area (Å²) in [5, 5.41) is 11.8. The van der Waals surface area contributed by atoms with Crippen molar-refractivity contribution in [1.29, 1.82) is 0 Å². The quantitative estimate of drug-likeness (QED) is 0.202. The highest BCUT2D eigenvalue weighted by Crippen LogP contribution is 2.34. The fourth-order valence-electron chi connectivity index (χ4n) is 4.71. The summed E-state index contributed by atoms with van der Waals surface area (Å²) in [4.78, 5) is 37.0. The van der Waals surface area contributed by atoms with Crippen LogP contribution in [0.3, 0.4) is 0 Å². The smallest absolute Gasteiger partial charge is 0.394 e. The summed E-state index contributed by atoms with van der Waals surface area (Å²) in [6.07, 6.45) is 0.796. The monoisotopic (exact) mass is 499 g/mol. The lowest BCUT2D eigenvalue weighted by Gasteiger charge is -2.23. The molecule has 0 bridgehead atoms. The Bertz CT molecular complexity index is 1620. The highest BCUT2D eigenvalue weighted by molar-refractivity contribution is 6.31. The van der Waals surface area contributed by atoms with Gasteiger partial charge in [-0.2, -0.15) is 0 Å². The number of fused-ring (bicyclic) bond motifs is 1. The van der Waals surface area contributed by atoms with Gasteiger partial charge in [-0.05, 0) is 50.2 Å². The Hall–Kier alpha value is -5.03. The van der Waals surface area contributed by atoms with E-state index in [0.29, 0.717) is 5.56 Å². The van der Waals surface area contributed by atoms with Crippen molar-refractivity contribution in [1.82, 2.24) is 4.90 Å². The van der Waals surface area contributed by atoms with Crippen molar-refractivity contribution in [2.45, 2.75) is 13.1 Å². The second-order valence-corrected chi connectivity index (χ2v) is 9.09. The molecular formula is C33H25NO4. The molecule has 0 saturated carbocycles. The third kappa shape index (κ3) is 5.22. The standard InChI is InChI=1S/C33H25NO4/c35-22-24-13-15-26(16-14-24)31-19-27(30-12-6-10-25-9-4-5-11-29(25)30)17-18-28(31)21-34(32(36)33(37)38)20-23-7-2-1-3-8-23/h1-19,22H,20-21H2,(H,37,38). The summed E-state index contributed by atoms with van der Waals surface area (Å²) in [6, 6.07) is 37.0. The largest absolute Gasteiger partial charge is 0.474 e. The van der Waals surface area contributed by atoms with Crippen LogP contribution in [0.15, 0.2) is 115 Å². The molecule has 186 valence electrons. The Kier molecular flexibility index (Phi) is 7.09. The van der Waals surface area contributed by atoms with E-state index in [4.69, 9.17) is 0 Å². The number of hydrogen-bond donors (Lipinski definition) is 1. The molecule has 0 atom stereocenters. The second kappa shape index (κ2) is 10.9. The molecule has 0 aromatic heterocycles. The molecule has 5 nitrogen and oxygen atoms in total. The summed E-state index contributed by atoms with van der Waals surface area (Å²) in [5.41, 5.74) is 6.01. The van der Waals surface area contributed by atoms with Gasteiger partial charge in [-0.25, -0.2) is 4.79 Å².